The number of aliphatic hydroxyl groups is 1. The lowest BCUT2D eigenvalue weighted by molar-refractivity contribution is -0.232. The maximum absolute atomic E-state index is 12.0. The molecule has 2 aliphatic heterocycles. The third-order valence-corrected chi connectivity index (χ3v) is 4.36. The minimum Gasteiger partial charge on any atom is -0.508 e. The highest BCUT2D eigenvalue weighted by atomic mass is 16.7. The molecule has 0 aromatic carbocycles. The number of rotatable bonds is 3. The summed E-state index contributed by atoms with van der Waals surface area (Å²) in [5.41, 5.74) is -0.272. The van der Waals surface area contributed by atoms with Crippen molar-refractivity contribution in [2.75, 3.05) is 13.1 Å². The molecule has 1 spiro atoms. The largest absolute Gasteiger partial charge is 0.508 e. The first-order valence-electron chi connectivity index (χ1n) is 8.08. The third-order valence-electron chi connectivity index (χ3n) is 4.36. The number of aliphatic hydroxyl groups excluding tert-OH is 1. The number of carbonyl (C=O) groups excluding carboxylic acids is 2. The molecule has 6 heteroatoms. The second kappa shape index (κ2) is 6.48. The maximum atomic E-state index is 12.0. The van der Waals surface area contributed by atoms with Gasteiger partial charge in [-0.3, -0.25) is 0 Å². The van der Waals surface area contributed by atoms with E-state index in [1.54, 1.807) is 6.08 Å². The Bertz CT molecular complexity index is 556. The second-order valence-corrected chi connectivity index (χ2v) is 6.13. The quantitative estimate of drug-likeness (QED) is 0.283. The van der Waals surface area contributed by atoms with E-state index in [9.17, 15) is 14.7 Å². The Balaban J connectivity index is 1.66. The van der Waals surface area contributed by atoms with E-state index in [1.807, 2.05) is 6.20 Å². The molecule has 3 rings (SSSR count). The van der Waals surface area contributed by atoms with E-state index in [2.05, 4.69) is 4.90 Å². The van der Waals surface area contributed by atoms with Crippen LogP contribution in [0.25, 0.3) is 0 Å². The van der Waals surface area contributed by atoms with Gasteiger partial charge in [-0.15, -0.1) is 0 Å². The van der Waals surface area contributed by atoms with Crippen LogP contribution in [0.4, 0.5) is 0 Å². The Morgan fingerprint density at radius 1 is 1.04 bits per heavy atom. The summed E-state index contributed by atoms with van der Waals surface area (Å²) in [6.45, 7) is 2.01. The number of nitrogens with zero attached hydrogens (tertiary/aromatic N) is 1. The predicted molar refractivity (Wildman–Crippen MR) is 82.1 cm³/mol. The zero-order chi connectivity index (χ0) is 16.3. The number of likely N-dealkylation sites (tertiary alicyclic amines) is 1. The van der Waals surface area contributed by atoms with Crippen molar-refractivity contribution < 1.29 is 24.2 Å². The van der Waals surface area contributed by atoms with Crippen LogP contribution in [0.2, 0.25) is 0 Å². The number of hydrogen-bond acceptors (Lipinski definition) is 6. The molecule has 3 aliphatic rings. The first-order chi connectivity index (χ1) is 11.1. The lowest BCUT2D eigenvalue weighted by Gasteiger charge is -2.32. The van der Waals surface area contributed by atoms with E-state index in [0.717, 1.165) is 32.0 Å². The van der Waals surface area contributed by atoms with Crippen molar-refractivity contribution in [2.24, 2.45) is 0 Å². The normalized spacial score (nSPS) is 24.4. The molecule has 0 unspecified atom stereocenters. The highest BCUT2D eigenvalue weighted by Gasteiger charge is 2.47. The van der Waals surface area contributed by atoms with Crippen LogP contribution in [0, 0.1) is 0 Å². The molecule has 6 nitrogen and oxygen atoms in total. The summed E-state index contributed by atoms with van der Waals surface area (Å²) in [5, 5.41) is 9.87. The molecule has 0 atom stereocenters. The van der Waals surface area contributed by atoms with E-state index in [-0.39, 0.29) is 11.3 Å². The number of carbonyl (C=O) groups is 2. The van der Waals surface area contributed by atoms with Gasteiger partial charge in [-0.25, -0.2) is 9.59 Å². The van der Waals surface area contributed by atoms with Gasteiger partial charge >= 0.3 is 11.9 Å². The van der Waals surface area contributed by atoms with Crippen LogP contribution in [0.15, 0.2) is 35.8 Å². The SMILES string of the molecule is O=C1OC2(CCCC2)OC(=O)C1=C/C(O)=C/C=C/N1CCCC1. The zero-order valence-corrected chi connectivity index (χ0v) is 13.0. The van der Waals surface area contributed by atoms with E-state index < -0.39 is 17.7 Å². The van der Waals surface area contributed by atoms with E-state index in [1.165, 1.54) is 18.9 Å². The fourth-order valence-electron chi connectivity index (χ4n) is 3.14. The summed E-state index contributed by atoms with van der Waals surface area (Å²) in [7, 11) is 0. The molecule has 0 aromatic heterocycles. The number of hydrogen-bond donors (Lipinski definition) is 1. The average molecular weight is 319 g/mol. The Morgan fingerprint density at radius 2 is 1.65 bits per heavy atom. The molecule has 1 aliphatic carbocycles. The molecular formula is C17H21NO5. The van der Waals surface area contributed by atoms with Gasteiger partial charge in [0.15, 0.2) is 0 Å². The topological polar surface area (TPSA) is 76.1 Å². The first kappa shape index (κ1) is 15.6. The van der Waals surface area contributed by atoms with Crippen LogP contribution < -0.4 is 0 Å². The van der Waals surface area contributed by atoms with E-state index >= 15 is 0 Å². The number of esters is 2. The lowest BCUT2D eigenvalue weighted by Crippen LogP contribution is -2.44. The van der Waals surface area contributed by atoms with Gasteiger partial charge in [0.1, 0.15) is 11.3 Å². The monoisotopic (exact) mass is 319 g/mol. The molecule has 124 valence electrons. The molecule has 1 N–H and O–H groups in total. The van der Waals surface area contributed by atoms with Crippen molar-refractivity contribution in [3.05, 3.63) is 35.8 Å². The van der Waals surface area contributed by atoms with Crippen molar-refractivity contribution in [3.63, 3.8) is 0 Å². The molecule has 0 radical (unpaired) electrons. The highest BCUT2D eigenvalue weighted by Crippen LogP contribution is 2.38. The van der Waals surface area contributed by atoms with Crippen molar-refractivity contribution >= 4 is 11.9 Å². The van der Waals surface area contributed by atoms with Crippen LogP contribution in [0.3, 0.4) is 0 Å². The first-order valence-corrected chi connectivity index (χ1v) is 8.08. The molecule has 0 bridgehead atoms. The Labute approximate surface area is 135 Å². The van der Waals surface area contributed by atoms with Crippen molar-refractivity contribution in [2.45, 2.75) is 44.3 Å². The lowest BCUT2D eigenvalue weighted by atomic mass is 10.1. The summed E-state index contributed by atoms with van der Waals surface area (Å²) in [6, 6.07) is 0. The van der Waals surface area contributed by atoms with Crippen molar-refractivity contribution in [1.82, 2.24) is 4.90 Å². The minimum atomic E-state index is -1.08. The molecular weight excluding hydrogens is 298 g/mol. The summed E-state index contributed by atoms with van der Waals surface area (Å²) in [6.07, 6.45) is 11.3. The highest BCUT2D eigenvalue weighted by molar-refractivity contribution is 6.15. The summed E-state index contributed by atoms with van der Waals surface area (Å²) in [5.74, 6) is -2.73. The van der Waals surface area contributed by atoms with Gasteiger partial charge in [0.05, 0.1) is 0 Å². The van der Waals surface area contributed by atoms with Gasteiger partial charge < -0.3 is 19.5 Å². The Hall–Kier alpha value is -2.24. The fraction of sp³-hybridized carbons (Fsp3) is 0.529. The predicted octanol–water partition coefficient (Wildman–Crippen LogP) is 2.33. The van der Waals surface area contributed by atoms with E-state index in [0.29, 0.717) is 12.8 Å². The summed E-state index contributed by atoms with van der Waals surface area (Å²) < 4.78 is 10.6. The molecule has 3 fully saturated rings. The van der Waals surface area contributed by atoms with Gasteiger partial charge in [0, 0.05) is 32.0 Å². The number of allylic oxidation sites excluding steroid dienone is 3. The Morgan fingerprint density at radius 3 is 2.26 bits per heavy atom. The third kappa shape index (κ3) is 3.57. The molecule has 1 saturated carbocycles. The molecule has 0 aromatic rings. The standard InChI is InChI=1S/C17H21NO5/c19-13(6-5-11-18-9-3-4-10-18)12-14-15(20)22-17(23-16(14)21)7-1-2-8-17/h5-6,11-12,19H,1-4,7-10H2/b11-5+,13-6-. The van der Waals surface area contributed by atoms with Crippen molar-refractivity contribution in [3.8, 4) is 0 Å². The molecule has 2 saturated heterocycles. The summed E-state index contributed by atoms with van der Waals surface area (Å²) in [4.78, 5) is 26.2. The smallest absolute Gasteiger partial charge is 0.349 e. The van der Waals surface area contributed by atoms with Gasteiger partial charge in [-0.05, 0) is 44.0 Å². The van der Waals surface area contributed by atoms with Crippen molar-refractivity contribution in [1.29, 1.82) is 0 Å². The number of ether oxygens (including phenoxy) is 2. The Kier molecular flexibility index (Phi) is 4.41. The molecule has 23 heavy (non-hydrogen) atoms. The zero-order valence-electron chi connectivity index (χ0n) is 13.0. The van der Waals surface area contributed by atoms with Gasteiger partial charge in [0.2, 0.25) is 0 Å². The van der Waals surface area contributed by atoms with Crippen LogP contribution in [-0.4, -0.2) is 40.8 Å². The van der Waals surface area contributed by atoms with Crippen LogP contribution >= 0.6 is 0 Å². The minimum absolute atomic E-state index is 0.188. The van der Waals surface area contributed by atoms with E-state index in [4.69, 9.17) is 9.47 Å². The molecule has 2 heterocycles. The maximum Gasteiger partial charge on any atom is 0.349 e. The summed E-state index contributed by atoms with van der Waals surface area (Å²) >= 11 is 0. The molecule has 0 amide bonds. The van der Waals surface area contributed by atoms with Gasteiger partial charge in [0.25, 0.3) is 5.79 Å². The van der Waals surface area contributed by atoms with Crippen LogP contribution in [0.5, 0.6) is 0 Å². The second-order valence-electron chi connectivity index (χ2n) is 6.13. The van der Waals surface area contributed by atoms with Gasteiger partial charge in [-0.2, -0.15) is 0 Å². The van der Waals surface area contributed by atoms with Gasteiger partial charge in [-0.1, -0.05) is 0 Å². The van der Waals surface area contributed by atoms with Crippen LogP contribution in [0.1, 0.15) is 38.5 Å². The van der Waals surface area contributed by atoms with Crippen LogP contribution in [-0.2, 0) is 19.1 Å². The fourth-order valence-corrected chi connectivity index (χ4v) is 3.14. The average Bonchev–Trinajstić information content (AvgIpc) is 3.15.